The number of fused-ring (bicyclic) bond motifs is 1. The molecule has 0 saturated carbocycles. The molecule has 2 aromatic heterocycles. The number of anilines is 2. The summed E-state index contributed by atoms with van der Waals surface area (Å²) in [5, 5.41) is 15.6. The summed E-state index contributed by atoms with van der Waals surface area (Å²) in [5.74, 6) is 1.96. The smallest absolute Gasteiger partial charge is 0.248 e. The minimum absolute atomic E-state index is 0.222. The minimum atomic E-state index is -0.444. The highest BCUT2D eigenvalue weighted by Gasteiger charge is 2.23. The molecular formula is C26H26ClN5O4S. The van der Waals surface area contributed by atoms with Crippen LogP contribution in [0.4, 0.5) is 11.5 Å². The second-order valence-corrected chi connectivity index (χ2v) is 9.83. The van der Waals surface area contributed by atoms with E-state index in [0.717, 1.165) is 35.1 Å². The van der Waals surface area contributed by atoms with E-state index in [1.165, 1.54) is 17.7 Å². The molecule has 2 aromatic carbocycles. The fourth-order valence-electron chi connectivity index (χ4n) is 4.24. The molecule has 3 heterocycles. The fraction of sp³-hybridized carbons (Fsp3) is 0.308. The maximum Gasteiger partial charge on any atom is 0.248 e. The standard InChI is InChI=1S/C26H26ClN5O4S/c27-20-10-18(4-5-22(20)36-13-19-14-37-16-30-19)31-26-25-21(28-15-29-26)2-1-3-23(25)35-12-17-6-8-32(9-7-17)24(34)11-33/h1-5,10,14-17,33H,6-9,11-13H2,(H,28,29,31). The number of hydrogen-bond acceptors (Lipinski definition) is 9. The van der Waals surface area contributed by atoms with Crippen molar-refractivity contribution in [2.45, 2.75) is 19.4 Å². The van der Waals surface area contributed by atoms with Crippen molar-refractivity contribution in [3.05, 3.63) is 64.3 Å². The van der Waals surface area contributed by atoms with Crippen molar-refractivity contribution in [1.82, 2.24) is 19.9 Å². The number of nitrogens with one attached hydrogen (secondary N) is 1. The number of carbonyl (C=O) groups is 1. The largest absolute Gasteiger partial charge is 0.492 e. The van der Waals surface area contributed by atoms with Gasteiger partial charge in [-0.2, -0.15) is 0 Å². The highest BCUT2D eigenvalue weighted by atomic mass is 35.5. The highest BCUT2D eigenvalue weighted by molar-refractivity contribution is 7.07. The zero-order valence-electron chi connectivity index (χ0n) is 20.0. The third-order valence-electron chi connectivity index (χ3n) is 6.26. The SMILES string of the molecule is O=C(CO)N1CCC(COc2cccc3ncnc(Nc4ccc(OCc5cscn5)c(Cl)c4)c23)CC1. The minimum Gasteiger partial charge on any atom is -0.492 e. The zero-order chi connectivity index (χ0) is 25.6. The van der Waals surface area contributed by atoms with Gasteiger partial charge in [0.15, 0.2) is 0 Å². The van der Waals surface area contributed by atoms with Gasteiger partial charge in [-0.15, -0.1) is 11.3 Å². The first-order chi connectivity index (χ1) is 18.1. The fourth-order valence-corrected chi connectivity index (χ4v) is 5.02. The molecule has 0 unspecified atom stereocenters. The van der Waals surface area contributed by atoms with Gasteiger partial charge in [-0.1, -0.05) is 17.7 Å². The number of thiazole rings is 1. The molecule has 192 valence electrons. The van der Waals surface area contributed by atoms with Crippen molar-refractivity contribution < 1.29 is 19.4 Å². The lowest BCUT2D eigenvalue weighted by atomic mass is 9.98. The number of ether oxygens (including phenoxy) is 2. The molecule has 9 nitrogen and oxygen atoms in total. The van der Waals surface area contributed by atoms with E-state index in [1.807, 2.05) is 35.7 Å². The average molecular weight is 540 g/mol. The summed E-state index contributed by atoms with van der Waals surface area (Å²) in [6, 6.07) is 11.2. The van der Waals surface area contributed by atoms with E-state index in [-0.39, 0.29) is 5.91 Å². The van der Waals surface area contributed by atoms with Gasteiger partial charge in [0.25, 0.3) is 0 Å². The van der Waals surface area contributed by atoms with Gasteiger partial charge in [-0.3, -0.25) is 4.79 Å². The number of rotatable bonds is 9. The number of hydrogen-bond donors (Lipinski definition) is 2. The first kappa shape index (κ1) is 25.2. The van der Waals surface area contributed by atoms with E-state index in [1.54, 1.807) is 16.5 Å². The van der Waals surface area contributed by atoms with Crippen LogP contribution in [0.3, 0.4) is 0 Å². The Kier molecular flexibility index (Phi) is 7.98. The van der Waals surface area contributed by atoms with Gasteiger partial charge in [-0.05, 0) is 49.1 Å². The molecular weight excluding hydrogens is 514 g/mol. The van der Waals surface area contributed by atoms with Crippen molar-refractivity contribution in [3.8, 4) is 11.5 Å². The molecule has 0 aliphatic carbocycles. The van der Waals surface area contributed by atoms with Crippen molar-refractivity contribution in [3.63, 3.8) is 0 Å². The van der Waals surface area contributed by atoms with E-state index in [9.17, 15) is 4.79 Å². The molecule has 0 bridgehead atoms. The third-order valence-corrected chi connectivity index (χ3v) is 7.19. The Balaban J connectivity index is 1.28. The molecule has 11 heteroatoms. The lowest BCUT2D eigenvalue weighted by Crippen LogP contribution is -2.41. The molecule has 0 atom stereocenters. The van der Waals surface area contributed by atoms with Crippen LogP contribution in [0.15, 0.2) is 53.6 Å². The van der Waals surface area contributed by atoms with Crippen LogP contribution in [0.1, 0.15) is 18.5 Å². The number of halogens is 1. The summed E-state index contributed by atoms with van der Waals surface area (Å²) in [5.41, 5.74) is 4.13. The number of aromatic nitrogens is 3. The number of aliphatic hydroxyl groups is 1. The zero-order valence-corrected chi connectivity index (χ0v) is 21.5. The van der Waals surface area contributed by atoms with Crippen molar-refractivity contribution >= 4 is 51.3 Å². The number of benzene rings is 2. The van der Waals surface area contributed by atoms with E-state index >= 15 is 0 Å². The molecule has 1 saturated heterocycles. The first-order valence-electron chi connectivity index (χ1n) is 11.9. The number of likely N-dealkylation sites (tertiary alicyclic amines) is 1. The molecule has 1 aliphatic heterocycles. The van der Waals surface area contributed by atoms with Crippen molar-refractivity contribution in [2.75, 3.05) is 31.6 Å². The number of piperidine rings is 1. The van der Waals surface area contributed by atoms with Crippen LogP contribution >= 0.6 is 22.9 Å². The average Bonchev–Trinajstić information content (AvgIpc) is 3.45. The Morgan fingerprint density at radius 3 is 2.76 bits per heavy atom. The van der Waals surface area contributed by atoms with Crippen LogP contribution in [0.25, 0.3) is 10.9 Å². The predicted octanol–water partition coefficient (Wildman–Crippen LogP) is 4.67. The van der Waals surface area contributed by atoms with Gasteiger partial charge < -0.3 is 24.8 Å². The van der Waals surface area contributed by atoms with Crippen LogP contribution in [0, 0.1) is 5.92 Å². The number of nitrogens with zero attached hydrogens (tertiary/aromatic N) is 4. The summed E-state index contributed by atoms with van der Waals surface area (Å²) >= 11 is 8.00. The monoisotopic (exact) mass is 539 g/mol. The van der Waals surface area contributed by atoms with Gasteiger partial charge >= 0.3 is 0 Å². The summed E-state index contributed by atoms with van der Waals surface area (Å²) in [6.45, 7) is 1.68. The Labute approximate surface area is 223 Å². The van der Waals surface area contributed by atoms with Gasteiger partial charge in [0, 0.05) is 24.2 Å². The summed E-state index contributed by atoms with van der Waals surface area (Å²) in [4.78, 5) is 26.5. The molecule has 2 N–H and O–H groups in total. The van der Waals surface area contributed by atoms with Crippen LogP contribution in [-0.4, -0.2) is 57.2 Å². The second-order valence-electron chi connectivity index (χ2n) is 8.70. The molecule has 5 rings (SSSR count). The summed E-state index contributed by atoms with van der Waals surface area (Å²) in [7, 11) is 0. The molecule has 37 heavy (non-hydrogen) atoms. The summed E-state index contributed by atoms with van der Waals surface area (Å²) < 4.78 is 12.0. The predicted molar refractivity (Wildman–Crippen MR) is 143 cm³/mol. The van der Waals surface area contributed by atoms with Gasteiger partial charge in [-0.25, -0.2) is 15.0 Å². The number of carbonyl (C=O) groups excluding carboxylic acids is 1. The van der Waals surface area contributed by atoms with Gasteiger partial charge in [0.05, 0.1) is 33.7 Å². The lowest BCUT2D eigenvalue weighted by Gasteiger charge is -2.31. The normalized spacial score (nSPS) is 14.1. The molecule has 1 aliphatic rings. The quantitative estimate of drug-likeness (QED) is 0.316. The third kappa shape index (κ3) is 6.10. The Hall–Kier alpha value is -3.47. The Morgan fingerprint density at radius 2 is 2.00 bits per heavy atom. The number of amides is 1. The van der Waals surface area contributed by atoms with Crippen LogP contribution < -0.4 is 14.8 Å². The second kappa shape index (κ2) is 11.7. The first-order valence-corrected chi connectivity index (χ1v) is 13.2. The Bertz CT molecular complexity index is 1360. The van der Waals surface area contributed by atoms with E-state index in [4.69, 9.17) is 26.2 Å². The lowest BCUT2D eigenvalue weighted by molar-refractivity contribution is -0.135. The molecule has 4 aromatic rings. The number of aliphatic hydroxyl groups excluding tert-OH is 1. The van der Waals surface area contributed by atoms with Crippen LogP contribution in [0.2, 0.25) is 5.02 Å². The van der Waals surface area contributed by atoms with Crippen LogP contribution in [0.5, 0.6) is 11.5 Å². The molecule has 1 amide bonds. The highest BCUT2D eigenvalue weighted by Crippen LogP contribution is 2.34. The maximum atomic E-state index is 11.7. The van der Waals surface area contributed by atoms with Crippen LogP contribution in [-0.2, 0) is 11.4 Å². The van der Waals surface area contributed by atoms with Gasteiger partial charge in [0.1, 0.15) is 36.9 Å². The van der Waals surface area contributed by atoms with Crippen molar-refractivity contribution in [1.29, 1.82) is 0 Å². The maximum absolute atomic E-state index is 11.7. The van der Waals surface area contributed by atoms with E-state index in [2.05, 4.69) is 20.3 Å². The molecule has 1 fully saturated rings. The molecule has 0 spiro atoms. The Morgan fingerprint density at radius 1 is 1.14 bits per heavy atom. The van der Waals surface area contributed by atoms with E-state index in [0.29, 0.717) is 54.6 Å². The van der Waals surface area contributed by atoms with E-state index < -0.39 is 6.61 Å². The molecule has 0 radical (unpaired) electrons. The topological polar surface area (TPSA) is 110 Å². The summed E-state index contributed by atoms with van der Waals surface area (Å²) in [6.07, 6.45) is 3.16. The van der Waals surface area contributed by atoms with Crippen molar-refractivity contribution in [2.24, 2.45) is 5.92 Å². The van der Waals surface area contributed by atoms with Gasteiger partial charge in [0.2, 0.25) is 5.91 Å².